The fraction of sp³-hybridized carbons (Fsp3) is 0.133. The molecule has 1 atom stereocenters. The van der Waals surface area contributed by atoms with Gasteiger partial charge < -0.3 is 15.2 Å². The SMILES string of the molecule is O=C(N[C@@H](Cc1ccc(-c2cccc(F)c2)cc1F)C(=O)O)OCC1c2ccccc2-c2ccccc21. The van der Waals surface area contributed by atoms with E-state index in [1.807, 2.05) is 48.5 Å². The Morgan fingerprint density at radius 3 is 2.11 bits per heavy atom. The largest absolute Gasteiger partial charge is 0.480 e. The second-order valence-corrected chi connectivity index (χ2v) is 8.88. The third kappa shape index (κ3) is 5.07. The minimum atomic E-state index is -1.40. The minimum absolute atomic E-state index is 0.0306. The van der Waals surface area contributed by atoms with Gasteiger partial charge in [-0.25, -0.2) is 18.4 Å². The lowest BCUT2D eigenvalue weighted by Gasteiger charge is -2.18. The minimum Gasteiger partial charge on any atom is -0.480 e. The summed E-state index contributed by atoms with van der Waals surface area (Å²) < 4.78 is 33.7. The average Bonchev–Trinajstić information content (AvgIpc) is 3.21. The van der Waals surface area contributed by atoms with Gasteiger partial charge in [0.15, 0.2) is 0 Å². The van der Waals surface area contributed by atoms with Crippen LogP contribution in [0, 0.1) is 11.6 Å². The van der Waals surface area contributed by atoms with Gasteiger partial charge in [-0.1, -0.05) is 72.8 Å². The number of carbonyl (C=O) groups excluding carboxylic acids is 1. The molecule has 5 rings (SSSR count). The van der Waals surface area contributed by atoms with Crippen molar-refractivity contribution in [3.63, 3.8) is 0 Å². The highest BCUT2D eigenvalue weighted by atomic mass is 19.1. The van der Waals surface area contributed by atoms with E-state index in [1.165, 1.54) is 30.3 Å². The van der Waals surface area contributed by atoms with Gasteiger partial charge in [-0.3, -0.25) is 0 Å². The van der Waals surface area contributed by atoms with Gasteiger partial charge in [-0.15, -0.1) is 0 Å². The van der Waals surface area contributed by atoms with Gasteiger partial charge in [0.25, 0.3) is 0 Å². The number of hydrogen-bond donors (Lipinski definition) is 2. The van der Waals surface area contributed by atoms with Crippen molar-refractivity contribution in [2.45, 2.75) is 18.4 Å². The molecule has 2 N–H and O–H groups in total. The maximum Gasteiger partial charge on any atom is 0.407 e. The van der Waals surface area contributed by atoms with Gasteiger partial charge in [0.2, 0.25) is 0 Å². The number of hydrogen-bond acceptors (Lipinski definition) is 3. The van der Waals surface area contributed by atoms with Crippen LogP contribution < -0.4 is 5.32 Å². The van der Waals surface area contributed by atoms with Crippen LogP contribution in [0.15, 0.2) is 91.0 Å². The van der Waals surface area contributed by atoms with Crippen molar-refractivity contribution in [1.82, 2.24) is 5.32 Å². The number of aliphatic carboxylic acids is 1. The Morgan fingerprint density at radius 2 is 1.49 bits per heavy atom. The summed E-state index contributed by atoms with van der Waals surface area (Å²) in [6, 6.07) is 24.3. The number of rotatable bonds is 7. The lowest BCUT2D eigenvalue weighted by molar-refractivity contribution is -0.139. The summed E-state index contributed by atoms with van der Waals surface area (Å²) in [6.45, 7) is 0.0306. The normalized spacial score (nSPS) is 12.9. The van der Waals surface area contributed by atoms with Crippen LogP contribution in [0.3, 0.4) is 0 Å². The number of halogens is 2. The highest BCUT2D eigenvalue weighted by Gasteiger charge is 2.30. The zero-order valence-electron chi connectivity index (χ0n) is 19.7. The third-order valence-electron chi connectivity index (χ3n) is 6.57. The van der Waals surface area contributed by atoms with E-state index in [4.69, 9.17) is 4.74 Å². The topological polar surface area (TPSA) is 75.6 Å². The van der Waals surface area contributed by atoms with Crippen LogP contribution in [0.5, 0.6) is 0 Å². The first-order valence-corrected chi connectivity index (χ1v) is 11.8. The molecular formula is C30H23F2NO4. The van der Waals surface area contributed by atoms with Crippen LogP contribution in [0.25, 0.3) is 22.3 Å². The Bertz CT molecular complexity index is 1440. The molecule has 4 aromatic rings. The van der Waals surface area contributed by atoms with E-state index in [2.05, 4.69) is 5.32 Å². The highest BCUT2D eigenvalue weighted by molar-refractivity contribution is 5.81. The van der Waals surface area contributed by atoms with Crippen molar-refractivity contribution in [3.8, 4) is 22.3 Å². The molecule has 0 bridgehead atoms. The number of alkyl carbamates (subject to hydrolysis) is 1. The molecule has 4 aromatic carbocycles. The van der Waals surface area contributed by atoms with Crippen LogP contribution in [-0.2, 0) is 16.0 Å². The van der Waals surface area contributed by atoms with Gasteiger partial charge in [-0.05, 0) is 57.1 Å². The van der Waals surface area contributed by atoms with E-state index in [0.717, 1.165) is 22.3 Å². The lowest BCUT2D eigenvalue weighted by Crippen LogP contribution is -2.43. The summed E-state index contributed by atoms with van der Waals surface area (Å²) >= 11 is 0. The average molecular weight is 500 g/mol. The van der Waals surface area contributed by atoms with Crippen LogP contribution in [0.2, 0.25) is 0 Å². The van der Waals surface area contributed by atoms with E-state index >= 15 is 0 Å². The predicted molar refractivity (Wildman–Crippen MR) is 135 cm³/mol. The Hall–Kier alpha value is -4.52. The molecule has 0 aliphatic heterocycles. The summed E-state index contributed by atoms with van der Waals surface area (Å²) in [5.41, 5.74) is 5.28. The molecule has 0 unspecified atom stereocenters. The number of carbonyl (C=O) groups is 2. The van der Waals surface area contributed by atoms with Gasteiger partial charge in [-0.2, -0.15) is 0 Å². The summed E-state index contributed by atoms with van der Waals surface area (Å²) in [5.74, 6) is -2.58. The standard InChI is InChI=1S/C30H23F2NO4/c31-21-7-5-6-18(14-21)19-12-13-20(27(32)15-19)16-28(29(34)35)33-30(36)37-17-26-24-10-3-1-8-22(24)23-9-2-4-11-25(23)26/h1-15,26,28H,16-17H2,(H,33,36)(H,34,35)/t28-/m0/s1. The number of fused-ring (bicyclic) bond motifs is 3. The second kappa shape index (κ2) is 10.2. The molecule has 0 spiro atoms. The molecule has 186 valence electrons. The molecule has 0 fully saturated rings. The number of ether oxygens (including phenoxy) is 1. The molecule has 5 nitrogen and oxygen atoms in total. The monoisotopic (exact) mass is 499 g/mol. The number of carboxylic acid groups (broad SMARTS) is 1. The first-order valence-electron chi connectivity index (χ1n) is 11.8. The zero-order chi connectivity index (χ0) is 25.9. The van der Waals surface area contributed by atoms with Crippen LogP contribution >= 0.6 is 0 Å². The van der Waals surface area contributed by atoms with Gasteiger partial charge in [0, 0.05) is 12.3 Å². The first kappa shape index (κ1) is 24.2. The third-order valence-corrected chi connectivity index (χ3v) is 6.57. The van der Waals surface area contributed by atoms with E-state index in [-0.39, 0.29) is 24.5 Å². The molecular weight excluding hydrogens is 476 g/mol. The second-order valence-electron chi connectivity index (χ2n) is 8.88. The highest BCUT2D eigenvalue weighted by Crippen LogP contribution is 2.44. The fourth-order valence-electron chi connectivity index (χ4n) is 4.76. The molecule has 0 saturated carbocycles. The summed E-state index contributed by atoms with van der Waals surface area (Å²) in [6.07, 6.45) is -1.18. The smallest absolute Gasteiger partial charge is 0.407 e. The van der Waals surface area contributed by atoms with E-state index in [1.54, 1.807) is 12.1 Å². The molecule has 0 heterocycles. The van der Waals surface area contributed by atoms with Crippen molar-refractivity contribution in [1.29, 1.82) is 0 Å². The van der Waals surface area contributed by atoms with Crippen LogP contribution in [-0.4, -0.2) is 29.8 Å². The van der Waals surface area contributed by atoms with Gasteiger partial charge in [0.05, 0.1) is 0 Å². The summed E-state index contributed by atoms with van der Waals surface area (Å²) in [7, 11) is 0. The molecule has 1 amide bonds. The van der Waals surface area contributed by atoms with Crippen molar-refractivity contribution >= 4 is 12.1 Å². The fourth-order valence-corrected chi connectivity index (χ4v) is 4.76. The molecule has 0 saturated heterocycles. The van der Waals surface area contributed by atoms with Crippen molar-refractivity contribution in [2.75, 3.05) is 6.61 Å². The van der Waals surface area contributed by atoms with E-state index in [0.29, 0.717) is 11.1 Å². The Labute approximate surface area is 212 Å². The summed E-state index contributed by atoms with van der Waals surface area (Å²) in [4.78, 5) is 24.4. The first-order chi connectivity index (χ1) is 17.9. The van der Waals surface area contributed by atoms with E-state index < -0.39 is 29.7 Å². The van der Waals surface area contributed by atoms with E-state index in [9.17, 15) is 23.5 Å². The van der Waals surface area contributed by atoms with Crippen LogP contribution in [0.4, 0.5) is 13.6 Å². The zero-order valence-corrected chi connectivity index (χ0v) is 19.7. The van der Waals surface area contributed by atoms with Crippen LogP contribution in [0.1, 0.15) is 22.6 Å². The molecule has 1 aliphatic rings. The number of benzene rings is 4. The Kier molecular flexibility index (Phi) is 6.68. The lowest BCUT2D eigenvalue weighted by atomic mass is 9.98. The molecule has 7 heteroatoms. The van der Waals surface area contributed by atoms with Crippen molar-refractivity contribution in [3.05, 3.63) is 119 Å². The van der Waals surface area contributed by atoms with Crippen molar-refractivity contribution < 1.29 is 28.2 Å². The maximum absolute atomic E-state index is 14.8. The van der Waals surface area contributed by atoms with Gasteiger partial charge >= 0.3 is 12.1 Å². The quantitative estimate of drug-likeness (QED) is 0.319. The predicted octanol–water partition coefficient (Wildman–Crippen LogP) is 6.17. The number of carboxylic acids is 1. The molecule has 37 heavy (non-hydrogen) atoms. The van der Waals surface area contributed by atoms with Gasteiger partial charge in [0.1, 0.15) is 24.3 Å². The molecule has 0 aromatic heterocycles. The Morgan fingerprint density at radius 1 is 0.838 bits per heavy atom. The maximum atomic E-state index is 14.8. The molecule has 1 aliphatic carbocycles. The number of amides is 1. The molecule has 0 radical (unpaired) electrons. The Balaban J connectivity index is 1.26. The summed E-state index contributed by atoms with van der Waals surface area (Å²) in [5, 5.41) is 12.0. The number of nitrogens with one attached hydrogen (secondary N) is 1. The van der Waals surface area contributed by atoms with Crippen molar-refractivity contribution in [2.24, 2.45) is 0 Å².